The predicted molar refractivity (Wildman–Crippen MR) is 93.9 cm³/mol. The number of piperidine rings is 1. The van der Waals surface area contributed by atoms with Crippen LogP contribution in [0.3, 0.4) is 0 Å². The van der Waals surface area contributed by atoms with Gasteiger partial charge in [0.25, 0.3) is 0 Å². The van der Waals surface area contributed by atoms with Gasteiger partial charge in [-0.15, -0.1) is 0 Å². The summed E-state index contributed by atoms with van der Waals surface area (Å²) in [5.74, 6) is 2.85. The van der Waals surface area contributed by atoms with Crippen LogP contribution in [0.15, 0.2) is 12.1 Å². The van der Waals surface area contributed by atoms with Crippen LogP contribution in [-0.2, 0) is 17.6 Å². The Hall–Kier alpha value is -1.55. The first-order valence-electron chi connectivity index (χ1n) is 9.47. The molecular weight excluding hydrogens is 300 g/mol. The molecule has 2 unspecified atom stereocenters. The number of nitrogens with one attached hydrogen (secondary N) is 1. The molecule has 4 nitrogen and oxygen atoms in total. The summed E-state index contributed by atoms with van der Waals surface area (Å²) < 4.78 is 0. The maximum atomic E-state index is 11.3. The van der Waals surface area contributed by atoms with E-state index in [2.05, 4.69) is 11.4 Å². The van der Waals surface area contributed by atoms with Crippen molar-refractivity contribution in [3.8, 4) is 5.75 Å². The summed E-state index contributed by atoms with van der Waals surface area (Å²) in [5.41, 5.74) is 8.50. The molecule has 1 amide bonds. The van der Waals surface area contributed by atoms with Crippen LogP contribution in [0.5, 0.6) is 5.75 Å². The Morgan fingerprint density at radius 3 is 2.46 bits per heavy atom. The van der Waals surface area contributed by atoms with Crippen molar-refractivity contribution in [1.82, 2.24) is 5.32 Å². The Kier molecular flexibility index (Phi) is 4.25. The zero-order chi connectivity index (χ0) is 16.7. The average molecular weight is 328 g/mol. The number of nitrogens with two attached hydrogens (primary N) is 1. The van der Waals surface area contributed by atoms with Gasteiger partial charge in [-0.3, -0.25) is 4.79 Å². The highest BCUT2D eigenvalue weighted by atomic mass is 16.3. The third kappa shape index (κ3) is 2.92. The molecule has 3 aliphatic rings. The normalized spacial score (nSPS) is 29.4. The van der Waals surface area contributed by atoms with Gasteiger partial charge >= 0.3 is 0 Å². The molecule has 1 heterocycles. The van der Waals surface area contributed by atoms with Crippen molar-refractivity contribution in [2.75, 3.05) is 13.1 Å². The molecule has 3 fully saturated rings. The van der Waals surface area contributed by atoms with Gasteiger partial charge in [0.05, 0.1) is 6.42 Å². The quantitative estimate of drug-likeness (QED) is 0.777. The molecule has 1 aliphatic heterocycles. The molecule has 0 bridgehead atoms. The Bertz CT molecular complexity index is 627. The van der Waals surface area contributed by atoms with E-state index in [1.807, 2.05) is 6.07 Å². The fourth-order valence-corrected chi connectivity index (χ4v) is 5.15. The van der Waals surface area contributed by atoms with E-state index in [9.17, 15) is 9.90 Å². The molecule has 4 heteroatoms. The van der Waals surface area contributed by atoms with E-state index in [0.29, 0.717) is 17.2 Å². The van der Waals surface area contributed by atoms with Gasteiger partial charge in [0.2, 0.25) is 5.91 Å². The van der Waals surface area contributed by atoms with E-state index in [-0.39, 0.29) is 12.3 Å². The highest BCUT2D eigenvalue weighted by molar-refractivity contribution is 5.77. The van der Waals surface area contributed by atoms with Gasteiger partial charge in [-0.05, 0) is 61.6 Å². The van der Waals surface area contributed by atoms with Crippen LogP contribution in [0.25, 0.3) is 0 Å². The summed E-state index contributed by atoms with van der Waals surface area (Å²) in [6, 6.07) is 4.07. The summed E-state index contributed by atoms with van der Waals surface area (Å²) in [4.78, 5) is 11.3. The van der Waals surface area contributed by atoms with Crippen molar-refractivity contribution < 1.29 is 9.90 Å². The van der Waals surface area contributed by atoms with Gasteiger partial charge in [0.15, 0.2) is 0 Å². The maximum absolute atomic E-state index is 11.3. The van der Waals surface area contributed by atoms with Crippen molar-refractivity contribution >= 4 is 5.91 Å². The summed E-state index contributed by atoms with van der Waals surface area (Å²) in [6.45, 7) is 2.31. The lowest BCUT2D eigenvalue weighted by Crippen LogP contribution is -2.17. The molecule has 1 saturated heterocycles. The standard InChI is InChI=1S/C20H28N2O2/c21-18(23)9-14-7-6-13(8-15-16-10-22-11-17(15)16)19(20(14)24)12-4-2-1-3-5-12/h6-7,12,15-17,22,24H,1-5,8-11H2,(H2,21,23). The molecule has 2 saturated carbocycles. The van der Waals surface area contributed by atoms with Crippen molar-refractivity contribution in [2.45, 2.75) is 50.9 Å². The largest absolute Gasteiger partial charge is 0.507 e. The fourth-order valence-electron chi connectivity index (χ4n) is 5.15. The van der Waals surface area contributed by atoms with Gasteiger partial charge in [0, 0.05) is 11.1 Å². The topological polar surface area (TPSA) is 75.4 Å². The number of phenolic OH excluding ortho intramolecular Hbond substituents is 1. The van der Waals surface area contributed by atoms with Crippen molar-refractivity contribution in [1.29, 1.82) is 0 Å². The van der Waals surface area contributed by atoms with Gasteiger partial charge in [-0.25, -0.2) is 0 Å². The van der Waals surface area contributed by atoms with E-state index >= 15 is 0 Å². The molecule has 0 radical (unpaired) electrons. The van der Waals surface area contributed by atoms with E-state index in [1.165, 1.54) is 24.8 Å². The van der Waals surface area contributed by atoms with Crippen LogP contribution >= 0.6 is 0 Å². The van der Waals surface area contributed by atoms with E-state index in [0.717, 1.165) is 55.7 Å². The molecule has 2 aliphatic carbocycles. The lowest BCUT2D eigenvalue weighted by atomic mass is 9.79. The molecule has 24 heavy (non-hydrogen) atoms. The second-order valence-electron chi connectivity index (χ2n) is 7.98. The molecule has 2 atom stereocenters. The minimum atomic E-state index is -0.379. The van der Waals surface area contributed by atoms with Crippen molar-refractivity contribution in [2.24, 2.45) is 23.5 Å². The van der Waals surface area contributed by atoms with E-state index in [1.54, 1.807) is 0 Å². The Balaban J connectivity index is 1.63. The molecular formula is C20H28N2O2. The molecule has 1 aromatic carbocycles. The lowest BCUT2D eigenvalue weighted by Gasteiger charge is -2.26. The number of amides is 1. The second kappa shape index (κ2) is 6.40. The minimum absolute atomic E-state index is 0.129. The molecule has 0 aromatic heterocycles. The number of hydrogen-bond acceptors (Lipinski definition) is 3. The first-order valence-corrected chi connectivity index (χ1v) is 9.47. The number of carbonyl (C=O) groups is 1. The van der Waals surface area contributed by atoms with Crippen LogP contribution in [-0.4, -0.2) is 24.1 Å². The number of aromatic hydroxyl groups is 1. The van der Waals surface area contributed by atoms with Crippen LogP contribution in [0.4, 0.5) is 0 Å². The monoisotopic (exact) mass is 328 g/mol. The smallest absolute Gasteiger partial charge is 0.221 e. The Labute approximate surface area is 143 Å². The molecule has 4 rings (SSSR count). The van der Waals surface area contributed by atoms with Gasteiger partial charge in [0.1, 0.15) is 5.75 Å². The van der Waals surface area contributed by atoms with E-state index < -0.39 is 0 Å². The third-order valence-corrected chi connectivity index (χ3v) is 6.49. The molecule has 4 N–H and O–H groups in total. The van der Waals surface area contributed by atoms with E-state index in [4.69, 9.17) is 5.73 Å². The van der Waals surface area contributed by atoms with Crippen LogP contribution < -0.4 is 11.1 Å². The molecule has 130 valence electrons. The van der Waals surface area contributed by atoms with Crippen LogP contribution in [0.2, 0.25) is 0 Å². The summed E-state index contributed by atoms with van der Waals surface area (Å²) in [5, 5.41) is 14.3. The highest BCUT2D eigenvalue weighted by Gasteiger charge is 2.52. The summed E-state index contributed by atoms with van der Waals surface area (Å²) in [7, 11) is 0. The minimum Gasteiger partial charge on any atom is -0.507 e. The zero-order valence-electron chi connectivity index (χ0n) is 14.3. The van der Waals surface area contributed by atoms with Crippen molar-refractivity contribution in [3.63, 3.8) is 0 Å². The number of carbonyl (C=O) groups excluding carboxylic acids is 1. The summed E-state index contributed by atoms with van der Waals surface area (Å²) in [6.07, 6.45) is 7.29. The number of primary amides is 1. The number of phenols is 1. The van der Waals surface area contributed by atoms with Crippen molar-refractivity contribution in [3.05, 3.63) is 28.8 Å². The van der Waals surface area contributed by atoms with Gasteiger partial charge in [-0.1, -0.05) is 31.4 Å². The average Bonchev–Trinajstić information content (AvgIpc) is 3.00. The Morgan fingerprint density at radius 2 is 1.79 bits per heavy atom. The third-order valence-electron chi connectivity index (χ3n) is 6.49. The summed E-state index contributed by atoms with van der Waals surface area (Å²) >= 11 is 0. The predicted octanol–water partition coefficient (Wildman–Crippen LogP) is 2.48. The zero-order valence-corrected chi connectivity index (χ0v) is 14.3. The first kappa shape index (κ1) is 15.9. The number of rotatable bonds is 5. The maximum Gasteiger partial charge on any atom is 0.221 e. The fraction of sp³-hybridized carbons (Fsp3) is 0.650. The van der Waals surface area contributed by atoms with Gasteiger partial charge in [-0.2, -0.15) is 0 Å². The Morgan fingerprint density at radius 1 is 1.12 bits per heavy atom. The highest BCUT2D eigenvalue weighted by Crippen LogP contribution is 2.52. The number of benzene rings is 1. The number of fused-ring (bicyclic) bond motifs is 1. The molecule has 0 spiro atoms. The van der Waals surface area contributed by atoms with Crippen LogP contribution in [0.1, 0.15) is 54.7 Å². The first-order chi connectivity index (χ1) is 11.6. The molecule has 1 aromatic rings. The second-order valence-corrected chi connectivity index (χ2v) is 7.98. The number of hydrogen-bond donors (Lipinski definition) is 3. The van der Waals surface area contributed by atoms with Gasteiger partial charge < -0.3 is 16.2 Å². The lowest BCUT2D eigenvalue weighted by molar-refractivity contribution is -0.117. The SMILES string of the molecule is NC(=O)Cc1ccc(CC2C3CNCC32)c(C2CCCCC2)c1O. The van der Waals surface area contributed by atoms with Crippen LogP contribution in [0, 0.1) is 17.8 Å².